The minimum atomic E-state index is -3.44. The second-order valence-corrected chi connectivity index (χ2v) is 7.04. The van der Waals surface area contributed by atoms with Gasteiger partial charge in [-0.25, -0.2) is 0 Å². The minimum absolute atomic E-state index is 0.0650. The molecule has 0 fully saturated rings. The monoisotopic (exact) mass is 283 g/mol. The van der Waals surface area contributed by atoms with Gasteiger partial charge in [0.15, 0.2) is 0 Å². The number of hydrogen-bond acceptors (Lipinski definition) is 3. The van der Waals surface area contributed by atoms with E-state index in [9.17, 15) is 8.42 Å². The van der Waals surface area contributed by atoms with Gasteiger partial charge in [-0.3, -0.25) is 0 Å². The van der Waals surface area contributed by atoms with E-state index in [0.29, 0.717) is 0 Å². The number of fused-ring (bicyclic) bond motifs is 1. The summed E-state index contributed by atoms with van der Waals surface area (Å²) in [7, 11) is -1.85. The smallest absolute Gasteiger partial charge is 0.279 e. The third-order valence-corrected chi connectivity index (χ3v) is 5.40. The average molecular weight is 283 g/mol. The fourth-order valence-corrected chi connectivity index (χ4v) is 3.63. The molecule has 2 rings (SSSR count). The van der Waals surface area contributed by atoms with Crippen molar-refractivity contribution >= 4 is 15.9 Å². The van der Waals surface area contributed by atoms with E-state index < -0.39 is 10.2 Å². The van der Waals surface area contributed by atoms with Gasteiger partial charge in [0.05, 0.1) is 0 Å². The van der Waals surface area contributed by atoms with E-state index in [4.69, 9.17) is 5.73 Å². The molecule has 0 saturated heterocycles. The second-order valence-electron chi connectivity index (χ2n) is 5.28. The van der Waals surface area contributed by atoms with Crippen molar-refractivity contribution in [2.24, 2.45) is 0 Å². The first-order valence-corrected chi connectivity index (χ1v) is 7.89. The van der Waals surface area contributed by atoms with Crippen LogP contribution in [0.25, 0.3) is 0 Å². The molecule has 106 valence electrons. The van der Waals surface area contributed by atoms with E-state index in [1.165, 1.54) is 4.31 Å². The van der Waals surface area contributed by atoms with Crippen LogP contribution in [0.15, 0.2) is 18.2 Å². The predicted molar refractivity (Wildman–Crippen MR) is 76.9 cm³/mol. The van der Waals surface area contributed by atoms with Gasteiger partial charge in [0.1, 0.15) is 0 Å². The zero-order chi connectivity index (χ0) is 14.2. The summed E-state index contributed by atoms with van der Waals surface area (Å²) in [4.78, 5) is 0. The number of hydrogen-bond donors (Lipinski definition) is 2. The maximum Gasteiger partial charge on any atom is 0.279 e. The standard InChI is InChI=1S/C13H21N3O2S/c1-9(2)16(3)19(17,18)15-13-7-4-10-8-11(14)5-6-12(10)13/h5-6,8-9,13,15H,4,7,14H2,1-3H3. The molecule has 19 heavy (non-hydrogen) atoms. The van der Waals surface area contributed by atoms with Gasteiger partial charge < -0.3 is 5.73 Å². The molecule has 1 aliphatic rings. The van der Waals surface area contributed by atoms with Crippen molar-refractivity contribution in [1.29, 1.82) is 0 Å². The molecule has 0 radical (unpaired) electrons. The molecule has 1 aromatic carbocycles. The van der Waals surface area contributed by atoms with Crippen molar-refractivity contribution in [3.05, 3.63) is 29.3 Å². The maximum atomic E-state index is 12.2. The molecule has 1 unspecified atom stereocenters. The molecule has 6 heteroatoms. The van der Waals surface area contributed by atoms with Gasteiger partial charge in [-0.2, -0.15) is 17.4 Å². The van der Waals surface area contributed by atoms with Gasteiger partial charge >= 0.3 is 0 Å². The van der Waals surface area contributed by atoms with Gasteiger partial charge in [-0.1, -0.05) is 6.07 Å². The first-order chi connectivity index (χ1) is 8.81. The fraction of sp³-hybridized carbons (Fsp3) is 0.538. The number of nitrogens with zero attached hydrogens (tertiary/aromatic N) is 1. The summed E-state index contributed by atoms with van der Waals surface area (Å²) in [6.07, 6.45) is 1.64. The number of nitrogen functional groups attached to an aromatic ring is 1. The molecule has 0 saturated carbocycles. The van der Waals surface area contributed by atoms with Crippen LogP contribution >= 0.6 is 0 Å². The van der Waals surface area contributed by atoms with Crippen LogP contribution in [0.1, 0.15) is 37.4 Å². The highest BCUT2D eigenvalue weighted by Gasteiger charge is 2.29. The summed E-state index contributed by atoms with van der Waals surface area (Å²) >= 11 is 0. The van der Waals surface area contributed by atoms with Gasteiger partial charge in [0.25, 0.3) is 10.2 Å². The Morgan fingerprint density at radius 3 is 2.74 bits per heavy atom. The van der Waals surface area contributed by atoms with Crippen molar-refractivity contribution in [2.45, 2.75) is 38.8 Å². The lowest BCUT2D eigenvalue weighted by molar-refractivity contribution is 0.396. The molecule has 0 bridgehead atoms. The Morgan fingerprint density at radius 2 is 2.11 bits per heavy atom. The first-order valence-electron chi connectivity index (χ1n) is 6.45. The lowest BCUT2D eigenvalue weighted by Crippen LogP contribution is -2.42. The summed E-state index contributed by atoms with van der Waals surface area (Å²) < 4.78 is 28.5. The van der Waals surface area contributed by atoms with Gasteiger partial charge in [0, 0.05) is 24.8 Å². The molecule has 0 spiro atoms. The normalized spacial score (nSPS) is 19.1. The number of rotatable bonds is 4. The third-order valence-electron chi connectivity index (χ3n) is 3.64. The van der Waals surface area contributed by atoms with E-state index in [-0.39, 0.29) is 12.1 Å². The van der Waals surface area contributed by atoms with E-state index in [1.807, 2.05) is 32.0 Å². The highest BCUT2D eigenvalue weighted by atomic mass is 32.2. The van der Waals surface area contributed by atoms with Crippen molar-refractivity contribution in [1.82, 2.24) is 9.03 Å². The van der Waals surface area contributed by atoms with Crippen LogP contribution in [0, 0.1) is 0 Å². The Morgan fingerprint density at radius 1 is 1.42 bits per heavy atom. The summed E-state index contributed by atoms with van der Waals surface area (Å²) in [5.74, 6) is 0. The number of nitrogens with two attached hydrogens (primary N) is 1. The van der Waals surface area contributed by atoms with Crippen molar-refractivity contribution in [2.75, 3.05) is 12.8 Å². The SMILES string of the molecule is CC(C)N(C)S(=O)(=O)NC1CCc2cc(N)ccc21. The van der Waals surface area contributed by atoms with Crippen LogP contribution in [-0.4, -0.2) is 25.8 Å². The molecule has 1 aliphatic carbocycles. The molecule has 1 aromatic rings. The molecule has 3 N–H and O–H groups in total. The molecule has 0 amide bonds. The summed E-state index contributed by atoms with van der Waals surface area (Å²) in [6.45, 7) is 3.70. The van der Waals surface area contributed by atoms with Crippen LogP contribution in [0.5, 0.6) is 0 Å². The zero-order valence-corrected chi connectivity index (χ0v) is 12.4. The van der Waals surface area contributed by atoms with E-state index in [2.05, 4.69) is 4.72 Å². The van der Waals surface area contributed by atoms with Crippen LogP contribution in [0.3, 0.4) is 0 Å². The van der Waals surface area contributed by atoms with E-state index in [1.54, 1.807) is 7.05 Å². The molecular weight excluding hydrogens is 262 g/mol. The summed E-state index contributed by atoms with van der Waals surface area (Å²) in [6, 6.07) is 5.44. The fourth-order valence-electron chi connectivity index (χ4n) is 2.30. The third kappa shape index (κ3) is 2.91. The molecule has 5 nitrogen and oxygen atoms in total. The average Bonchev–Trinajstić information content (AvgIpc) is 2.69. The Hall–Kier alpha value is -1.11. The van der Waals surface area contributed by atoms with Crippen LogP contribution < -0.4 is 10.5 Å². The largest absolute Gasteiger partial charge is 0.399 e. The highest BCUT2D eigenvalue weighted by molar-refractivity contribution is 7.87. The molecule has 1 atom stereocenters. The lowest BCUT2D eigenvalue weighted by Gasteiger charge is -2.24. The molecule has 0 heterocycles. The van der Waals surface area contributed by atoms with Crippen molar-refractivity contribution in [3.8, 4) is 0 Å². The minimum Gasteiger partial charge on any atom is -0.399 e. The van der Waals surface area contributed by atoms with Gasteiger partial charge in [0.2, 0.25) is 0 Å². The topological polar surface area (TPSA) is 75.4 Å². The number of benzene rings is 1. The number of nitrogens with one attached hydrogen (secondary N) is 1. The van der Waals surface area contributed by atoms with E-state index >= 15 is 0 Å². The molecule has 0 aromatic heterocycles. The predicted octanol–water partition coefficient (Wildman–Crippen LogP) is 1.43. The second kappa shape index (κ2) is 5.11. The number of anilines is 1. The van der Waals surface area contributed by atoms with Crippen LogP contribution in [0.2, 0.25) is 0 Å². The van der Waals surface area contributed by atoms with Crippen molar-refractivity contribution < 1.29 is 8.42 Å². The lowest BCUT2D eigenvalue weighted by atomic mass is 10.1. The van der Waals surface area contributed by atoms with Crippen LogP contribution in [0.4, 0.5) is 5.69 Å². The Balaban J connectivity index is 2.20. The zero-order valence-electron chi connectivity index (χ0n) is 11.6. The Labute approximate surface area is 115 Å². The first kappa shape index (κ1) is 14.3. The van der Waals surface area contributed by atoms with Gasteiger partial charge in [-0.05, 0) is 49.9 Å². The quantitative estimate of drug-likeness (QED) is 0.821. The molecular formula is C13H21N3O2S. The molecule has 0 aliphatic heterocycles. The summed E-state index contributed by atoms with van der Waals surface area (Å²) in [5.41, 5.74) is 8.64. The van der Waals surface area contributed by atoms with Crippen molar-refractivity contribution in [3.63, 3.8) is 0 Å². The Kier molecular flexibility index (Phi) is 3.85. The highest BCUT2D eigenvalue weighted by Crippen LogP contribution is 2.33. The number of aryl methyl sites for hydroxylation is 1. The van der Waals surface area contributed by atoms with Gasteiger partial charge in [-0.15, -0.1) is 0 Å². The maximum absolute atomic E-state index is 12.2. The van der Waals surface area contributed by atoms with E-state index in [0.717, 1.165) is 29.7 Å². The Bertz CT molecular complexity index is 569. The summed E-state index contributed by atoms with van der Waals surface area (Å²) in [5, 5.41) is 0. The van der Waals surface area contributed by atoms with Crippen LogP contribution in [-0.2, 0) is 16.6 Å².